The minimum atomic E-state index is -3.53. The van der Waals surface area contributed by atoms with Crippen molar-refractivity contribution in [1.29, 1.82) is 0 Å². The summed E-state index contributed by atoms with van der Waals surface area (Å²) in [6.45, 7) is 2.15. The van der Waals surface area contributed by atoms with E-state index in [0.29, 0.717) is 13.0 Å². The molecular formula is C13H18N4O2S. The van der Waals surface area contributed by atoms with Crippen molar-refractivity contribution in [2.45, 2.75) is 24.3 Å². The Morgan fingerprint density at radius 3 is 2.70 bits per heavy atom. The maximum absolute atomic E-state index is 12.1. The average molecular weight is 294 g/mol. The normalized spacial score (nSPS) is 13.3. The third kappa shape index (κ3) is 3.66. The molecule has 20 heavy (non-hydrogen) atoms. The molecule has 1 unspecified atom stereocenters. The van der Waals surface area contributed by atoms with Crippen LogP contribution in [0, 0.1) is 0 Å². The van der Waals surface area contributed by atoms with Crippen molar-refractivity contribution in [3.8, 4) is 5.69 Å². The van der Waals surface area contributed by atoms with Gasteiger partial charge in [0.1, 0.15) is 4.90 Å². The molecule has 0 fully saturated rings. The summed E-state index contributed by atoms with van der Waals surface area (Å²) < 4.78 is 28.1. The van der Waals surface area contributed by atoms with Crippen LogP contribution in [-0.2, 0) is 10.0 Å². The van der Waals surface area contributed by atoms with Crippen LogP contribution < -0.4 is 10.5 Å². The van der Waals surface area contributed by atoms with Crippen molar-refractivity contribution in [1.82, 2.24) is 14.5 Å². The second-order valence-electron chi connectivity index (χ2n) is 4.62. The van der Waals surface area contributed by atoms with Gasteiger partial charge in [-0.2, -0.15) is 5.10 Å². The number of nitrogens with two attached hydrogens (primary N) is 1. The van der Waals surface area contributed by atoms with E-state index >= 15 is 0 Å². The highest BCUT2D eigenvalue weighted by molar-refractivity contribution is 7.89. The van der Waals surface area contributed by atoms with Crippen molar-refractivity contribution in [2.24, 2.45) is 5.73 Å². The summed E-state index contributed by atoms with van der Waals surface area (Å²) in [7, 11) is -3.53. The maximum Gasteiger partial charge on any atom is 0.243 e. The van der Waals surface area contributed by atoms with E-state index in [0.717, 1.165) is 5.69 Å². The topological polar surface area (TPSA) is 90.0 Å². The van der Waals surface area contributed by atoms with Gasteiger partial charge in [0.25, 0.3) is 0 Å². The number of aromatic nitrogens is 2. The van der Waals surface area contributed by atoms with Crippen LogP contribution in [0.15, 0.2) is 47.6 Å². The van der Waals surface area contributed by atoms with E-state index in [1.54, 1.807) is 0 Å². The molecule has 1 aromatic carbocycles. The fourth-order valence-electron chi connectivity index (χ4n) is 1.67. The highest BCUT2D eigenvalue weighted by atomic mass is 32.2. The third-order valence-corrected chi connectivity index (χ3v) is 4.20. The molecule has 7 heteroatoms. The zero-order valence-electron chi connectivity index (χ0n) is 11.2. The molecule has 0 aliphatic rings. The summed E-state index contributed by atoms with van der Waals surface area (Å²) in [5.41, 5.74) is 6.40. The lowest BCUT2D eigenvalue weighted by molar-refractivity contribution is 0.572. The number of sulfonamides is 1. The summed E-state index contributed by atoms with van der Waals surface area (Å²) in [6.07, 6.45) is 3.41. The molecule has 0 amide bonds. The van der Waals surface area contributed by atoms with E-state index in [-0.39, 0.29) is 10.9 Å². The molecule has 0 saturated heterocycles. The van der Waals surface area contributed by atoms with Crippen LogP contribution in [0.2, 0.25) is 0 Å². The molecule has 1 aromatic heterocycles. The lowest BCUT2D eigenvalue weighted by Crippen LogP contribution is -2.28. The molecule has 0 radical (unpaired) electrons. The Kier molecular flexibility index (Phi) is 4.53. The monoisotopic (exact) mass is 294 g/mol. The van der Waals surface area contributed by atoms with E-state index in [1.165, 1.54) is 17.1 Å². The Morgan fingerprint density at radius 1 is 1.35 bits per heavy atom. The van der Waals surface area contributed by atoms with Gasteiger partial charge in [0.05, 0.1) is 18.1 Å². The molecule has 0 aliphatic heterocycles. The van der Waals surface area contributed by atoms with E-state index in [4.69, 9.17) is 5.73 Å². The van der Waals surface area contributed by atoms with Crippen molar-refractivity contribution in [3.63, 3.8) is 0 Å². The van der Waals surface area contributed by atoms with Crippen molar-refractivity contribution in [2.75, 3.05) is 6.54 Å². The molecule has 108 valence electrons. The number of benzene rings is 1. The van der Waals surface area contributed by atoms with E-state index < -0.39 is 10.0 Å². The Balaban J connectivity index is 2.12. The quantitative estimate of drug-likeness (QED) is 0.828. The fraction of sp³-hybridized carbons (Fsp3) is 0.308. The van der Waals surface area contributed by atoms with Crippen LogP contribution in [0.4, 0.5) is 0 Å². The molecule has 2 rings (SSSR count). The molecule has 0 spiro atoms. The summed E-state index contributed by atoms with van der Waals surface area (Å²) >= 11 is 0. The molecular weight excluding hydrogens is 276 g/mol. The first kappa shape index (κ1) is 14.7. The summed E-state index contributed by atoms with van der Waals surface area (Å²) in [5, 5.41) is 4.07. The molecule has 1 heterocycles. The second kappa shape index (κ2) is 6.17. The highest BCUT2D eigenvalue weighted by Gasteiger charge is 2.16. The maximum atomic E-state index is 12.1. The number of para-hydroxylation sites is 1. The van der Waals surface area contributed by atoms with Crippen LogP contribution in [-0.4, -0.2) is 30.8 Å². The zero-order chi connectivity index (χ0) is 14.6. The van der Waals surface area contributed by atoms with Gasteiger partial charge in [-0.15, -0.1) is 0 Å². The molecule has 1 atom stereocenters. The SMILES string of the molecule is CC(N)CCNS(=O)(=O)c1cnn(-c2ccccc2)c1. The molecule has 6 nitrogen and oxygen atoms in total. The standard InChI is InChI=1S/C13H18N4O2S/c1-11(14)7-8-16-20(18,19)13-9-15-17(10-13)12-5-3-2-4-6-12/h2-6,9-11,16H,7-8,14H2,1H3. The number of hydrogen-bond acceptors (Lipinski definition) is 4. The number of nitrogens with zero attached hydrogens (tertiary/aromatic N) is 2. The summed E-state index contributed by atoms with van der Waals surface area (Å²) in [6, 6.07) is 9.29. The van der Waals surface area contributed by atoms with Crippen LogP contribution in [0.1, 0.15) is 13.3 Å². The number of hydrogen-bond donors (Lipinski definition) is 2. The van der Waals surface area contributed by atoms with Crippen LogP contribution >= 0.6 is 0 Å². The van der Waals surface area contributed by atoms with Gasteiger partial charge in [-0.1, -0.05) is 18.2 Å². The molecule has 2 aromatic rings. The zero-order valence-corrected chi connectivity index (χ0v) is 12.0. The Morgan fingerprint density at radius 2 is 2.05 bits per heavy atom. The Bertz CT molecular complexity index is 650. The first-order valence-electron chi connectivity index (χ1n) is 6.34. The molecule has 0 bridgehead atoms. The molecule has 0 aliphatic carbocycles. The lowest BCUT2D eigenvalue weighted by Gasteiger charge is -2.06. The van der Waals surface area contributed by atoms with E-state index in [1.807, 2.05) is 37.3 Å². The van der Waals surface area contributed by atoms with Gasteiger partial charge in [0.15, 0.2) is 0 Å². The third-order valence-electron chi connectivity index (χ3n) is 2.78. The fourth-order valence-corrected chi connectivity index (χ4v) is 2.65. The highest BCUT2D eigenvalue weighted by Crippen LogP contribution is 2.11. The van der Waals surface area contributed by atoms with E-state index in [9.17, 15) is 8.42 Å². The van der Waals surface area contributed by atoms with Crippen LogP contribution in [0.25, 0.3) is 5.69 Å². The van der Waals surface area contributed by atoms with Crippen molar-refractivity contribution in [3.05, 3.63) is 42.7 Å². The minimum absolute atomic E-state index is 0.0373. The van der Waals surface area contributed by atoms with Gasteiger partial charge in [-0.3, -0.25) is 0 Å². The average Bonchev–Trinajstić information content (AvgIpc) is 2.89. The van der Waals surface area contributed by atoms with E-state index in [2.05, 4.69) is 9.82 Å². The largest absolute Gasteiger partial charge is 0.328 e. The van der Waals surface area contributed by atoms with Gasteiger partial charge in [-0.05, 0) is 25.5 Å². The Hall–Kier alpha value is -1.70. The van der Waals surface area contributed by atoms with Crippen molar-refractivity contribution < 1.29 is 8.42 Å². The van der Waals surface area contributed by atoms with Gasteiger partial charge < -0.3 is 5.73 Å². The predicted octanol–water partition coefficient (Wildman–Crippen LogP) is 0.888. The molecule has 0 saturated carbocycles. The van der Waals surface area contributed by atoms with Crippen LogP contribution in [0.3, 0.4) is 0 Å². The smallest absolute Gasteiger partial charge is 0.243 e. The summed E-state index contributed by atoms with van der Waals surface area (Å²) in [4.78, 5) is 0.144. The van der Waals surface area contributed by atoms with Gasteiger partial charge in [-0.25, -0.2) is 17.8 Å². The minimum Gasteiger partial charge on any atom is -0.328 e. The van der Waals surface area contributed by atoms with Gasteiger partial charge >= 0.3 is 0 Å². The van der Waals surface area contributed by atoms with Gasteiger partial charge in [0, 0.05) is 12.6 Å². The van der Waals surface area contributed by atoms with Gasteiger partial charge in [0.2, 0.25) is 10.0 Å². The lowest BCUT2D eigenvalue weighted by atomic mass is 10.3. The predicted molar refractivity (Wildman–Crippen MR) is 77.0 cm³/mol. The number of rotatable bonds is 6. The first-order valence-corrected chi connectivity index (χ1v) is 7.83. The Labute approximate surface area is 118 Å². The summed E-state index contributed by atoms with van der Waals surface area (Å²) in [5.74, 6) is 0. The second-order valence-corrected chi connectivity index (χ2v) is 6.39. The number of nitrogens with one attached hydrogen (secondary N) is 1. The molecule has 3 N–H and O–H groups in total. The van der Waals surface area contributed by atoms with Crippen molar-refractivity contribution >= 4 is 10.0 Å². The van der Waals surface area contributed by atoms with Crippen LogP contribution in [0.5, 0.6) is 0 Å². The first-order chi connectivity index (χ1) is 9.49.